The van der Waals surface area contributed by atoms with Gasteiger partial charge in [-0.1, -0.05) is 11.2 Å². The van der Waals surface area contributed by atoms with Crippen LogP contribution in [0.2, 0.25) is 0 Å². The van der Waals surface area contributed by atoms with Crippen molar-refractivity contribution in [1.29, 1.82) is 5.26 Å². The van der Waals surface area contributed by atoms with Crippen LogP contribution in [0.4, 0.5) is 0 Å². The van der Waals surface area contributed by atoms with Gasteiger partial charge in [0, 0.05) is 37.5 Å². The predicted molar refractivity (Wildman–Crippen MR) is 84.2 cm³/mol. The minimum absolute atomic E-state index is 0.0177. The monoisotopic (exact) mass is 312 g/mol. The second-order valence-electron chi connectivity index (χ2n) is 5.39. The molecule has 0 bridgehead atoms. The number of rotatable bonds is 7. The van der Waals surface area contributed by atoms with Crippen molar-refractivity contribution in [2.24, 2.45) is 0 Å². The highest BCUT2D eigenvalue weighted by Crippen LogP contribution is 2.15. The summed E-state index contributed by atoms with van der Waals surface area (Å²) in [5, 5.41) is 12.7. The maximum atomic E-state index is 12.5. The number of carbonyl (C=O) groups is 1. The largest absolute Gasteiger partial charge is 0.361 e. The molecule has 2 heterocycles. The van der Waals surface area contributed by atoms with Crippen molar-refractivity contribution in [1.82, 2.24) is 15.0 Å². The lowest BCUT2D eigenvalue weighted by Gasteiger charge is -2.21. The first-order chi connectivity index (χ1) is 11.1. The summed E-state index contributed by atoms with van der Waals surface area (Å²) in [7, 11) is 0. The number of hydrogen-bond acceptors (Lipinski definition) is 5. The van der Waals surface area contributed by atoms with E-state index in [9.17, 15) is 4.79 Å². The van der Waals surface area contributed by atoms with E-state index in [-0.39, 0.29) is 5.91 Å². The molecule has 0 atom stereocenters. The molecule has 0 fully saturated rings. The summed E-state index contributed by atoms with van der Waals surface area (Å²) in [5.74, 6) is 0.773. The zero-order chi connectivity index (χ0) is 16.7. The molecule has 0 aromatic carbocycles. The fraction of sp³-hybridized carbons (Fsp3) is 0.412. The summed E-state index contributed by atoms with van der Waals surface area (Å²) in [6, 6.07) is 5.86. The normalized spacial score (nSPS) is 10.3. The molecule has 0 radical (unpaired) electrons. The SMILES string of the molecule is Cc1noc(C)c1CCC(=O)N(CCC#N)Cc1cccnc1. The van der Waals surface area contributed by atoms with Crippen LogP contribution < -0.4 is 0 Å². The topological polar surface area (TPSA) is 83.0 Å². The average Bonchev–Trinajstić information content (AvgIpc) is 2.88. The van der Waals surface area contributed by atoms with Gasteiger partial charge in [0.05, 0.1) is 18.2 Å². The third-order valence-corrected chi connectivity index (χ3v) is 3.71. The molecule has 0 N–H and O–H groups in total. The Hall–Kier alpha value is -2.68. The van der Waals surface area contributed by atoms with Gasteiger partial charge in [-0.25, -0.2) is 0 Å². The molecule has 2 aromatic heterocycles. The Bertz CT molecular complexity index is 669. The van der Waals surface area contributed by atoms with Crippen LogP contribution in [0, 0.1) is 25.2 Å². The summed E-state index contributed by atoms with van der Waals surface area (Å²) >= 11 is 0. The first-order valence-electron chi connectivity index (χ1n) is 7.57. The van der Waals surface area contributed by atoms with E-state index in [1.165, 1.54) is 0 Å². The number of aryl methyl sites for hydroxylation is 2. The summed E-state index contributed by atoms with van der Waals surface area (Å²) < 4.78 is 5.12. The highest BCUT2D eigenvalue weighted by atomic mass is 16.5. The summed E-state index contributed by atoms with van der Waals surface area (Å²) in [6.07, 6.45) is 4.71. The third-order valence-electron chi connectivity index (χ3n) is 3.71. The van der Waals surface area contributed by atoms with E-state index in [1.54, 1.807) is 17.3 Å². The van der Waals surface area contributed by atoms with Crippen molar-refractivity contribution in [3.8, 4) is 6.07 Å². The number of hydrogen-bond donors (Lipinski definition) is 0. The minimum atomic E-state index is 0.0177. The first-order valence-corrected chi connectivity index (χ1v) is 7.57. The molecule has 0 aliphatic rings. The van der Waals surface area contributed by atoms with Gasteiger partial charge in [-0.15, -0.1) is 0 Å². The van der Waals surface area contributed by atoms with E-state index in [1.807, 2.05) is 26.0 Å². The van der Waals surface area contributed by atoms with E-state index < -0.39 is 0 Å². The number of amides is 1. The van der Waals surface area contributed by atoms with Crippen LogP contribution in [-0.2, 0) is 17.8 Å². The Kier molecular flexibility index (Phi) is 5.87. The Morgan fingerprint density at radius 2 is 2.26 bits per heavy atom. The van der Waals surface area contributed by atoms with Gasteiger partial charge in [-0.2, -0.15) is 5.26 Å². The molecule has 0 aliphatic carbocycles. The lowest BCUT2D eigenvalue weighted by Crippen LogP contribution is -2.31. The summed E-state index contributed by atoms with van der Waals surface area (Å²) in [4.78, 5) is 18.3. The molecule has 1 amide bonds. The molecule has 120 valence electrons. The van der Waals surface area contributed by atoms with Crippen LogP contribution in [0.15, 0.2) is 29.0 Å². The molecule has 6 heteroatoms. The minimum Gasteiger partial charge on any atom is -0.361 e. The predicted octanol–water partition coefficient (Wildman–Crippen LogP) is 2.56. The van der Waals surface area contributed by atoms with Gasteiger partial charge in [-0.3, -0.25) is 9.78 Å². The maximum Gasteiger partial charge on any atom is 0.223 e. The second-order valence-corrected chi connectivity index (χ2v) is 5.39. The standard InChI is InChI=1S/C17H20N4O2/c1-13-16(14(2)23-20-13)6-7-17(22)21(10-4-8-18)12-15-5-3-9-19-11-15/h3,5,9,11H,4,6-7,10,12H2,1-2H3. The Morgan fingerprint density at radius 1 is 1.43 bits per heavy atom. The maximum absolute atomic E-state index is 12.5. The van der Waals surface area contributed by atoms with Gasteiger partial charge in [0.15, 0.2) is 0 Å². The summed E-state index contributed by atoms with van der Waals surface area (Å²) in [6.45, 7) is 4.62. The van der Waals surface area contributed by atoms with Crippen molar-refractivity contribution in [3.63, 3.8) is 0 Å². The Morgan fingerprint density at radius 3 is 2.87 bits per heavy atom. The Labute approximate surface area is 135 Å². The molecule has 0 spiro atoms. The van der Waals surface area contributed by atoms with Gasteiger partial charge in [-0.05, 0) is 31.9 Å². The van der Waals surface area contributed by atoms with Gasteiger partial charge in [0.1, 0.15) is 5.76 Å². The van der Waals surface area contributed by atoms with Crippen molar-refractivity contribution in [3.05, 3.63) is 47.1 Å². The van der Waals surface area contributed by atoms with E-state index in [0.29, 0.717) is 32.4 Å². The Balaban J connectivity index is 2.00. The average molecular weight is 312 g/mol. The molecular weight excluding hydrogens is 292 g/mol. The lowest BCUT2D eigenvalue weighted by atomic mass is 10.1. The molecule has 0 saturated carbocycles. The van der Waals surface area contributed by atoms with E-state index in [0.717, 1.165) is 22.6 Å². The molecule has 0 saturated heterocycles. The zero-order valence-corrected chi connectivity index (χ0v) is 13.5. The van der Waals surface area contributed by atoms with E-state index in [4.69, 9.17) is 9.78 Å². The van der Waals surface area contributed by atoms with Crippen molar-refractivity contribution >= 4 is 5.91 Å². The van der Waals surface area contributed by atoms with Gasteiger partial charge >= 0.3 is 0 Å². The highest BCUT2D eigenvalue weighted by Gasteiger charge is 2.16. The molecule has 0 aliphatic heterocycles. The molecule has 6 nitrogen and oxygen atoms in total. The van der Waals surface area contributed by atoms with Gasteiger partial charge < -0.3 is 9.42 Å². The number of nitrogens with zero attached hydrogens (tertiary/aromatic N) is 4. The van der Waals surface area contributed by atoms with E-state index in [2.05, 4.69) is 16.2 Å². The van der Waals surface area contributed by atoms with Gasteiger partial charge in [0.25, 0.3) is 0 Å². The zero-order valence-electron chi connectivity index (χ0n) is 13.5. The third kappa shape index (κ3) is 4.65. The van der Waals surface area contributed by atoms with E-state index >= 15 is 0 Å². The molecular formula is C17H20N4O2. The summed E-state index contributed by atoms with van der Waals surface area (Å²) in [5.41, 5.74) is 2.77. The molecule has 2 rings (SSSR count). The van der Waals surface area contributed by atoms with Crippen LogP contribution in [0.1, 0.15) is 35.4 Å². The van der Waals surface area contributed by atoms with Crippen molar-refractivity contribution in [2.45, 2.75) is 39.7 Å². The molecule has 23 heavy (non-hydrogen) atoms. The second kappa shape index (κ2) is 8.08. The van der Waals surface area contributed by atoms with Crippen LogP contribution in [0.5, 0.6) is 0 Å². The van der Waals surface area contributed by atoms with Crippen molar-refractivity contribution in [2.75, 3.05) is 6.54 Å². The first kappa shape index (κ1) is 16.7. The van der Waals surface area contributed by atoms with Gasteiger partial charge in [0.2, 0.25) is 5.91 Å². The molecule has 2 aromatic rings. The van der Waals surface area contributed by atoms with Crippen LogP contribution >= 0.6 is 0 Å². The number of nitriles is 1. The number of aromatic nitrogens is 2. The van der Waals surface area contributed by atoms with Crippen LogP contribution in [0.3, 0.4) is 0 Å². The number of carbonyl (C=O) groups excluding carboxylic acids is 1. The number of pyridine rings is 1. The molecule has 0 unspecified atom stereocenters. The van der Waals surface area contributed by atoms with Crippen LogP contribution in [-0.4, -0.2) is 27.5 Å². The fourth-order valence-electron chi connectivity index (χ4n) is 2.44. The highest BCUT2D eigenvalue weighted by molar-refractivity contribution is 5.76. The fourth-order valence-corrected chi connectivity index (χ4v) is 2.44. The smallest absolute Gasteiger partial charge is 0.223 e. The quantitative estimate of drug-likeness (QED) is 0.784. The lowest BCUT2D eigenvalue weighted by molar-refractivity contribution is -0.131. The van der Waals surface area contributed by atoms with Crippen molar-refractivity contribution < 1.29 is 9.32 Å². The van der Waals surface area contributed by atoms with Crippen LogP contribution in [0.25, 0.3) is 0 Å².